The van der Waals surface area contributed by atoms with Crippen LogP contribution in [-0.2, 0) is 11.2 Å². The lowest BCUT2D eigenvalue weighted by Crippen LogP contribution is -2.51. The molecule has 0 aliphatic carbocycles. The molecule has 4 rings (SSSR count). The van der Waals surface area contributed by atoms with Gasteiger partial charge >= 0.3 is 0 Å². The average molecular weight is 384 g/mol. The minimum atomic E-state index is -0.278. The number of rotatable bonds is 5. The summed E-state index contributed by atoms with van der Waals surface area (Å²) < 4.78 is 13.2. The smallest absolute Gasteiger partial charge is 0.224 e. The average Bonchev–Trinajstić information content (AvgIpc) is 3.07. The minimum Gasteiger partial charge on any atom is -0.355 e. The fourth-order valence-corrected chi connectivity index (χ4v) is 4.80. The zero-order chi connectivity index (χ0) is 19.5. The molecule has 2 N–H and O–H groups in total. The SMILES string of the molecule is Cc1[nH]nc(-c2ccc(F)cc2)c1CC(=O)NC[C@@H]1CCCN2CCCC[C@H]12. The van der Waals surface area contributed by atoms with E-state index in [2.05, 4.69) is 20.4 Å². The summed E-state index contributed by atoms with van der Waals surface area (Å²) in [6.07, 6.45) is 6.59. The van der Waals surface area contributed by atoms with E-state index in [9.17, 15) is 9.18 Å². The Morgan fingerprint density at radius 1 is 1.21 bits per heavy atom. The number of carbonyl (C=O) groups excluding carboxylic acids is 1. The van der Waals surface area contributed by atoms with Gasteiger partial charge in [-0.05, 0) is 75.9 Å². The van der Waals surface area contributed by atoms with Crippen LogP contribution in [0, 0.1) is 18.7 Å². The Morgan fingerprint density at radius 3 is 2.82 bits per heavy atom. The zero-order valence-electron chi connectivity index (χ0n) is 16.5. The lowest BCUT2D eigenvalue weighted by Gasteiger charge is -2.44. The highest BCUT2D eigenvalue weighted by atomic mass is 19.1. The van der Waals surface area contributed by atoms with E-state index in [0.717, 1.165) is 29.1 Å². The highest BCUT2D eigenvalue weighted by molar-refractivity contribution is 5.81. The molecule has 0 bridgehead atoms. The second-order valence-corrected chi connectivity index (χ2v) is 8.16. The monoisotopic (exact) mass is 384 g/mol. The summed E-state index contributed by atoms with van der Waals surface area (Å²) >= 11 is 0. The molecule has 150 valence electrons. The van der Waals surface area contributed by atoms with Crippen molar-refractivity contribution in [3.63, 3.8) is 0 Å². The van der Waals surface area contributed by atoms with Gasteiger partial charge in [-0.1, -0.05) is 6.42 Å². The number of fused-ring (bicyclic) bond motifs is 1. The molecule has 28 heavy (non-hydrogen) atoms. The van der Waals surface area contributed by atoms with Crippen LogP contribution >= 0.6 is 0 Å². The third-order valence-electron chi connectivity index (χ3n) is 6.32. The third kappa shape index (κ3) is 4.12. The first-order chi connectivity index (χ1) is 13.6. The number of halogens is 1. The first-order valence-corrected chi connectivity index (χ1v) is 10.4. The Morgan fingerprint density at radius 2 is 2.00 bits per heavy atom. The van der Waals surface area contributed by atoms with Crippen LogP contribution in [-0.4, -0.2) is 46.7 Å². The van der Waals surface area contributed by atoms with Gasteiger partial charge in [0.1, 0.15) is 5.82 Å². The van der Waals surface area contributed by atoms with Gasteiger partial charge < -0.3 is 10.2 Å². The largest absolute Gasteiger partial charge is 0.355 e. The fraction of sp³-hybridized carbons (Fsp3) is 0.545. The number of amides is 1. The molecule has 0 saturated carbocycles. The second-order valence-electron chi connectivity index (χ2n) is 8.16. The molecule has 3 heterocycles. The fourth-order valence-electron chi connectivity index (χ4n) is 4.80. The summed E-state index contributed by atoms with van der Waals surface area (Å²) in [5.74, 6) is 0.306. The van der Waals surface area contributed by atoms with Gasteiger partial charge in [-0.25, -0.2) is 4.39 Å². The first kappa shape index (κ1) is 19.1. The summed E-state index contributed by atoms with van der Waals surface area (Å²) in [5.41, 5.74) is 3.31. The summed E-state index contributed by atoms with van der Waals surface area (Å²) in [6, 6.07) is 6.87. The number of nitrogens with one attached hydrogen (secondary N) is 2. The maximum absolute atomic E-state index is 13.2. The van der Waals surface area contributed by atoms with Gasteiger partial charge in [0.25, 0.3) is 0 Å². The van der Waals surface area contributed by atoms with Crippen molar-refractivity contribution in [2.45, 2.75) is 51.5 Å². The van der Waals surface area contributed by atoms with Crippen LogP contribution in [0.15, 0.2) is 24.3 Å². The number of aromatic amines is 1. The molecule has 2 fully saturated rings. The van der Waals surface area contributed by atoms with E-state index >= 15 is 0 Å². The molecule has 1 aromatic heterocycles. The molecular weight excluding hydrogens is 355 g/mol. The van der Waals surface area contributed by atoms with E-state index in [0.29, 0.717) is 12.0 Å². The maximum Gasteiger partial charge on any atom is 0.224 e. The van der Waals surface area contributed by atoms with Crippen molar-refractivity contribution in [2.75, 3.05) is 19.6 Å². The number of H-pyrrole nitrogens is 1. The van der Waals surface area contributed by atoms with Gasteiger partial charge in [-0.3, -0.25) is 9.89 Å². The number of aromatic nitrogens is 2. The molecule has 1 amide bonds. The van der Waals surface area contributed by atoms with E-state index in [4.69, 9.17) is 0 Å². The highest BCUT2D eigenvalue weighted by Gasteiger charge is 2.33. The van der Waals surface area contributed by atoms with E-state index in [1.165, 1.54) is 57.3 Å². The maximum atomic E-state index is 13.2. The predicted octanol–water partition coefficient (Wildman–Crippen LogP) is 3.45. The van der Waals surface area contributed by atoms with Crippen molar-refractivity contribution < 1.29 is 9.18 Å². The van der Waals surface area contributed by atoms with Crippen LogP contribution in [0.25, 0.3) is 11.3 Å². The Kier molecular flexibility index (Phi) is 5.76. The van der Waals surface area contributed by atoms with E-state index < -0.39 is 0 Å². The number of piperidine rings is 2. The normalized spacial score (nSPS) is 22.6. The number of hydrogen-bond acceptors (Lipinski definition) is 3. The Balaban J connectivity index is 1.39. The standard InChI is InChI=1S/C22H29FN4O/c1-15-19(22(26-25-15)16-7-9-18(23)10-8-16)13-21(28)24-14-17-5-4-12-27-11-3-2-6-20(17)27/h7-10,17,20H,2-6,11-14H2,1H3,(H,24,28)(H,25,26)/t17-,20+/m0/s1. The molecule has 2 atom stereocenters. The highest BCUT2D eigenvalue weighted by Crippen LogP contribution is 2.30. The van der Waals surface area contributed by atoms with Crippen molar-refractivity contribution in [3.05, 3.63) is 41.3 Å². The Bertz CT molecular complexity index is 814. The van der Waals surface area contributed by atoms with Crippen LogP contribution in [0.5, 0.6) is 0 Å². The molecule has 2 aliphatic heterocycles. The van der Waals surface area contributed by atoms with Crippen molar-refractivity contribution in [1.29, 1.82) is 0 Å². The molecular formula is C22H29FN4O. The van der Waals surface area contributed by atoms with E-state index in [1.54, 1.807) is 12.1 Å². The number of carbonyl (C=O) groups is 1. The topological polar surface area (TPSA) is 61.0 Å². The number of benzene rings is 1. The molecule has 0 radical (unpaired) electrons. The molecule has 1 aromatic carbocycles. The summed E-state index contributed by atoms with van der Waals surface area (Å²) in [7, 11) is 0. The molecule has 2 aromatic rings. The number of nitrogens with zero attached hydrogens (tertiary/aromatic N) is 2. The van der Waals surface area contributed by atoms with Crippen molar-refractivity contribution >= 4 is 5.91 Å². The predicted molar refractivity (Wildman–Crippen MR) is 107 cm³/mol. The number of aryl methyl sites for hydroxylation is 1. The lowest BCUT2D eigenvalue weighted by molar-refractivity contribution is -0.120. The van der Waals surface area contributed by atoms with Crippen LogP contribution in [0.3, 0.4) is 0 Å². The molecule has 5 nitrogen and oxygen atoms in total. The molecule has 6 heteroatoms. The summed E-state index contributed by atoms with van der Waals surface area (Å²) in [4.78, 5) is 15.3. The van der Waals surface area contributed by atoms with Gasteiger partial charge in [0, 0.05) is 29.4 Å². The molecule has 2 aliphatic rings. The van der Waals surface area contributed by atoms with E-state index in [1.807, 2.05) is 6.92 Å². The molecule has 0 spiro atoms. The van der Waals surface area contributed by atoms with Crippen LogP contribution in [0.1, 0.15) is 43.4 Å². The van der Waals surface area contributed by atoms with Gasteiger partial charge in [-0.15, -0.1) is 0 Å². The van der Waals surface area contributed by atoms with Gasteiger partial charge in [0.05, 0.1) is 12.1 Å². The summed E-state index contributed by atoms with van der Waals surface area (Å²) in [6.45, 7) is 5.10. The minimum absolute atomic E-state index is 0.0285. The molecule has 0 unspecified atom stereocenters. The van der Waals surface area contributed by atoms with Crippen molar-refractivity contribution in [1.82, 2.24) is 20.4 Å². The second kappa shape index (κ2) is 8.43. The van der Waals surface area contributed by atoms with Crippen molar-refractivity contribution in [3.8, 4) is 11.3 Å². The first-order valence-electron chi connectivity index (χ1n) is 10.4. The summed E-state index contributed by atoms with van der Waals surface area (Å²) in [5, 5.41) is 10.5. The third-order valence-corrected chi connectivity index (χ3v) is 6.32. The molecule has 2 saturated heterocycles. The van der Waals surface area contributed by atoms with Gasteiger partial charge in [0.15, 0.2) is 0 Å². The lowest BCUT2D eigenvalue weighted by atomic mass is 9.83. The van der Waals surface area contributed by atoms with Gasteiger partial charge in [-0.2, -0.15) is 5.10 Å². The number of hydrogen-bond donors (Lipinski definition) is 2. The Labute approximate surface area is 165 Å². The van der Waals surface area contributed by atoms with Crippen LogP contribution in [0.2, 0.25) is 0 Å². The zero-order valence-corrected chi connectivity index (χ0v) is 16.5. The Hall–Kier alpha value is -2.21. The van der Waals surface area contributed by atoms with E-state index in [-0.39, 0.29) is 18.1 Å². The van der Waals surface area contributed by atoms with Crippen molar-refractivity contribution in [2.24, 2.45) is 5.92 Å². The quantitative estimate of drug-likeness (QED) is 0.830. The van der Waals surface area contributed by atoms with Crippen LogP contribution in [0.4, 0.5) is 4.39 Å². The van der Waals surface area contributed by atoms with Gasteiger partial charge in [0.2, 0.25) is 5.91 Å². The van der Waals surface area contributed by atoms with Crippen LogP contribution < -0.4 is 5.32 Å².